The van der Waals surface area contributed by atoms with Gasteiger partial charge in [-0.3, -0.25) is 14.6 Å². The van der Waals surface area contributed by atoms with Crippen LogP contribution in [0.1, 0.15) is 65.8 Å². The second-order valence-electron chi connectivity index (χ2n) is 9.60. The molecule has 0 radical (unpaired) electrons. The maximum atomic E-state index is 14.7. The maximum Gasteiger partial charge on any atom is 0.419 e. The van der Waals surface area contributed by atoms with Crippen LogP contribution in [-0.4, -0.2) is 33.8 Å². The third kappa shape index (κ3) is 4.50. The molecule has 1 aromatic carbocycles. The Morgan fingerprint density at radius 3 is 2.54 bits per heavy atom. The van der Waals surface area contributed by atoms with Crippen molar-refractivity contribution in [3.63, 3.8) is 0 Å². The van der Waals surface area contributed by atoms with Crippen LogP contribution < -0.4 is 5.32 Å². The number of nitrogens with zero attached hydrogens (tertiary/aromatic N) is 2. The standard InChI is InChI=1S/C25H24F5N3O2/c1-2-12-5-6-31-19(7-12)24(35)33-20-8-14(20)9-21(33)23(34)32-22(13-3-4-13)15-10-18(27)16(11-17(15)26)25(28,29)30/h5-7,10-11,13-14,20-22H,2-4,8-9H2,1H3,(H,32,34)/t14-,20-,21-,22?/m1/s1. The number of piperidine rings is 1. The zero-order chi connectivity index (χ0) is 25.1. The van der Waals surface area contributed by atoms with Gasteiger partial charge in [-0.2, -0.15) is 13.2 Å². The van der Waals surface area contributed by atoms with Gasteiger partial charge in [0.15, 0.2) is 0 Å². The average molecular weight is 493 g/mol. The minimum atomic E-state index is -5.03. The number of alkyl halides is 3. The fourth-order valence-electron chi connectivity index (χ4n) is 5.07. The van der Waals surface area contributed by atoms with Crippen molar-refractivity contribution >= 4 is 11.8 Å². The minimum Gasteiger partial charge on any atom is -0.347 e. The van der Waals surface area contributed by atoms with Crippen molar-refractivity contribution in [2.45, 2.75) is 63.3 Å². The lowest BCUT2D eigenvalue weighted by Crippen LogP contribution is -2.49. The van der Waals surface area contributed by atoms with Gasteiger partial charge in [-0.25, -0.2) is 8.78 Å². The molecule has 0 spiro atoms. The first-order valence-corrected chi connectivity index (χ1v) is 11.7. The average Bonchev–Trinajstić information content (AvgIpc) is 3.75. The van der Waals surface area contributed by atoms with E-state index in [1.165, 1.54) is 4.90 Å². The van der Waals surface area contributed by atoms with Crippen molar-refractivity contribution in [2.75, 3.05) is 0 Å². The number of benzene rings is 1. The number of rotatable bonds is 6. The Hall–Kier alpha value is -3.04. The molecule has 1 unspecified atom stereocenters. The Morgan fingerprint density at radius 2 is 1.89 bits per heavy atom. The quantitative estimate of drug-likeness (QED) is 0.588. The van der Waals surface area contributed by atoms with Crippen LogP contribution in [0.5, 0.6) is 0 Å². The normalized spacial score (nSPS) is 24.2. The van der Waals surface area contributed by atoms with E-state index in [-0.39, 0.29) is 41.1 Å². The van der Waals surface area contributed by atoms with Gasteiger partial charge in [-0.05, 0) is 73.8 Å². The second kappa shape index (κ2) is 8.57. The first-order chi connectivity index (χ1) is 16.6. The van der Waals surface area contributed by atoms with Crippen LogP contribution in [0.2, 0.25) is 0 Å². The first kappa shape index (κ1) is 23.7. The predicted molar refractivity (Wildman–Crippen MR) is 115 cm³/mol. The van der Waals surface area contributed by atoms with Crippen molar-refractivity contribution in [1.29, 1.82) is 0 Å². The van der Waals surface area contributed by atoms with Crippen LogP contribution >= 0.6 is 0 Å². The lowest BCUT2D eigenvalue weighted by Gasteiger charge is -2.29. The minimum absolute atomic E-state index is 0.0787. The topological polar surface area (TPSA) is 62.3 Å². The molecule has 3 fully saturated rings. The molecule has 186 valence electrons. The monoisotopic (exact) mass is 493 g/mol. The van der Waals surface area contributed by atoms with Gasteiger partial charge in [-0.1, -0.05) is 6.92 Å². The zero-order valence-corrected chi connectivity index (χ0v) is 18.9. The van der Waals surface area contributed by atoms with Crippen LogP contribution in [0, 0.1) is 23.5 Å². The van der Waals surface area contributed by atoms with Gasteiger partial charge < -0.3 is 10.2 Å². The van der Waals surface area contributed by atoms with Crippen molar-refractivity contribution < 1.29 is 31.5 Å². The van der Waals surface area contributed by atoms with E-state index in [0.29, 0.717) is 25.3 Å². The number of aromatic nitrogens is 1. The Bertz CT molecular complexity index is 1180. The van der Waals surface area contributed by atoms with Crippen molar-refractivity contribution in [3.8, 4) is 0 Å². The number of carbonyl (C=O) groups is 2. The summed E-state index contributed by atoms with van der Waals surface area (Å²) in [5, 5.41) is 2.72. The molecule has 10 heteroatoms. The molecule has 1 aromatic heterocycles. The highest BCUT2D eigenvalue weighted by molar-refractivity contribution is 5.97. The summed E-state index contributed by atoms with van der Waals surface area (Å²) in [6.45, 7) is 1.95. The number of pyridine rings is 1. The summed E-state index contributed by atoms with van der Waals surface area (Å²) < 4.78 is 67.9. The maximum absolute atomic E-state index is 14.7. The SMILES string of the molecule is CCc1ccnc(C(=O)N2[C@@H](C(=O)NC(c3cc(F)c(C(F)(F)F)cc3F)C3CC3)C[C@H]3C[C@H]32)c1. The molecule has 1 saturated heterocycles. The molecule has 0 bridgehead atoms. The molecule has 2 aromatic rings. The molecular weight excluding hydrogens is 469 g/mol. The predicted octanol–water partition coefficient (Wildman–Crippen LogP) is 4.81. The van der Waals surface area contributed by atoms with Gasteiger partial charge in [0, 0.05) is 17.8 Å². The summed E-state index contributed by atoms with van der Waals surface area (Å²) in [5.74, 6) is -3.72. The number of carbonyl (C=O) groups excluding carboxylic acids is 2. The highest BCUT2D eigenvalue weighted by atomic mass is 19.4. The van der Waals surface area contributed by atoms with Gasteiger partial charge in [0.05, 0.1) is 11.6 Å². The highest BCUT2D eigenvalue weighted by Gasteiger charge is 2.56. The lowest BCUT2D eigenvalue weighted by atomic mass is 9.98. The van der Waals surface area contributed by atoms with Gasteiger partial charge in [0.25, 0.3) is 5.91 Å². The molecule has 5 nitrogen and oxygen atoms in total. The fourth-order valence-corrected chi connectivity index (χ4v) is 5.07. The molecule has 2 aliphatic carbocycles. The Kier molecular flexibility index (Phi) is 5.80. The van der Waals surface area contributed by atoms with Crippen LogP contribution in [-0.2, 0) is 17.4 Å². The van der Waals surface area contributed by atoms with E-state index >= 15 is 0 Å². The second-order valence-corrected chi connectivity index (χ2v) is 9.60. The molecule has 1 aliphatic heterocycles. The third-order valence-electron chi connectivity index (χ3n) is 7.21. The Labute approximate surface area is 198 Å². The Morgan fingerprint density at radius 1 is 1.14 bits per heavy atom. The van der Waals surface area contributed by atoms with E-state index in [1.807, 2.05) is 13.0 Å². The van der Waals surface area contributed by atoms with Gasteiger partial charge in [-0.15, -0.1) is 0 Å². The molecule has 1 N–H and O–H groups in total. The largest absolute Gasteiger partial charge is 0.419 e. The third-order valence-corrected chi connectivity index (χ3v) is 7.21. The van der Waals surface area contributed by atoms with Crippen LogP contribution in [0.25, 0.3) is 0 Å². The number of nitrogens with one attached hydrogen (secondary N) is 1. The van der Waals surface area contributed by atoms with E-state index in [4.69, 9.17) is 0 Å². The molecule has 4 atom stereocenters. The molecule has 5 rings (SSSR count). The number of amides is 2. The summed E-state index contributed by atoms with van der Waals surface area (Å²) >= 11 is 0. The fraction of sp³-hybridized carbons (Fsp3) is 0.480. The van der Waals surface area contributed by atoms with Crippen LogP contribution in [0.4, 0.5) is 22.0 Å². The molecule has 2 saturated carbocycles. The van der Waals surface area contributed by atoms with Gasteiger partial charge >= 0.3 is 6.18 Å². The number of hydrogen-bond donors (Lipinski definition) is 1. The van der Waals surface area contributed by atoms with E-state index in [9.17, 15) is 31.5 Å². The van der Waals surface area contributed by atoms with Crippen LogP contribution in [0.15, 0.2) is 30.5 Å². The zero-order valence-electron chi connectivity index (χ0n) is 18.9. The van der Waals surface area contributed by atoms with E-state index in [0.717, 1.165) is 18.4 Å². The summed E-state index contributed by atoms with van der Waals surface area (Å²) in [6.07, 6.45) is -0.288. The number of likely N-dealkylation sites (tertiary alicyclic amines) is 1. The van der Waals surface area contributed by atoms with Gasteiger partial charge in [0.2, 0.25) is 5.91 Å². The van der Waals surface area contributed by atoms with E-state index in [2.05, 4.69) is 10.3 Å². The lowest BCUT2D eigenvalue weighted by molar-refractivity contribution is -0.140. The number of hydrogen-bond acceptors (Lipinski definition) is 3. The van der Waals surface area contributed by atoms with E-state index < -0.39 is 41.4 Å². The Balaban J connectivity index is 1.39. The molecule has 3 aliphatic rings. The van der Waals surface area contributed by atoms with Crippen LogP contribution in [0.3, 0.4) is 0 Å². The highest BCUT2D eigenvalue weighted by Crippen LogP contribution is 2.49. The number of aryl methyl sites for hydroxylation is 1. The van der Waals surface area contributed by atoms with Gasteiger partial charge in [0.1, 0.15) is 23.4 Å². The molecule has 2 heterocycles. The molecule has 35 heavy (non-hydrogen) atoms. The smallest absolute Gasteiger partial charge is 0.347 e. The summed E-state index contributed by atoms with van der Waals surface area (Å²) in [6, 6.07) is 2.31. The number of fused-ring (bicyclic) bond motifs is 1. The van der Waals surface area contributed by atoms with Crippen molar-refractivity contribution in [1.82, 2.24) is 15.2 Å². The molecular formula is C25H24F5N3O2. The number of halogens is 5. The summed E-state index contributed by atoms with van der Waals surface area (Å²) in [5.41, 5.74) is -0.826. The van der Waals surface area contributed by atoms with Crippen molar-refractivity contribution in [2.24, 2.45) is 11.8 Å². The first-order valence-electron chi connectivity index (χ1n) is 11.7. The summed E-state index contributed by atoms with van der Waals surface area (Å²) in [7, 11) is 0. The summed E-state index contributed by atoms with van der Waals surface area (Å²) in [4.78, 5) is 32.3. The van der Waals surface area contributed by atoms with E-state index in [1.54, 1.807) is 12.3 Å². The molecule has 2 amide bonds. The van der Waals surface area contributed by atoms with Crippen molar-refractivity contribution in [3.05, 3.63) is 64.5 Å².